The van der Waals surface area contributed by atoms with E-state index in [1.807, 2.05) is 4.90 Å². The van der Waals surface area contributed by atoms with Crippen molar-refractivity contribution in [2.45, 2.75) is 38.7 Å². The molecule has 4 heteroatoms. The summed E-state index contributed by atoms with van der Waals surface area (Å²) in [6, 6.07) is 8.61. The molecule has 1 heterocycles. The van der Waals surface area contributed by atoms with Crippen molar-refractivity contribution < 1.29 is 8.78 Å². The molecule has 1 aromatic rings. The van der Waals surface area contributed by atoms with E-state index in [-0.39, 0.29) is 12.1 Å². The lowest BCUT2D eigenvalue weighted by atomic mass is 9.93. The second kappa shape index (κ2) is 7.32. The third kappa shape index (κ3) is 4.48. The zero-order valence-corrected chi connectivity index (χ0v) is 13.0. The van der Waals surface area contributed by atoms with Gasteiger partial charge in [-0.05, 0) is 31.8 Å². The van der Waals surface area contributed by atoms with E-state index < -0.39 is 5.92 Å². The van der Waals surface area contributed by atoms with Gasteiger partial charge in [0.15, 0.2) is 0 Å². The van der Waals surface area contributed by atoms with Gasteiger partial charge in [0.25, 0.3) is 5.92 Å². The van der Waals surface area contributed by atoms with Gasteiger partial charge in [-0.2, -0.15) is 8.78 Å². The number of hydrogen-bond acceptors (Lipinski definition) is 2. The van der Waals surface area contributed by atoms with Gasteiger partial charge in [0.05, 0.1) is 6.54 Å². The Balaban J connectivity index is 1.90. The molecule has 1 aromatic carbocycles. The second-order valence-electron chi connectivity index (χ2n) is 6.13. The maximum atomic E-state index is 14.3. The molecule has 1 N–H and O–H groups in total. The fourth-order valence-corrected chi connectivity index (χ4v) is 3.06. The highest BCUT2D eigenvalue weighted by Gasteiger charge is 2.36. The molecule has 0 radical (unpaired) electrons. The average molecular weight is 296 g/mol. The molecule has 0 bridgehead atoms. The van der Waals surface area contributed by atoms with Crippen LogP contribution in [0.15, 0.2) is 30.3 Å². The Kier molecular flexibility index (Phi) is 5.71. The van der Waals surface area contributed by atoms with Crippen LogP contribution in [-0.2, 0) is 5.92 Å². The van der Waals surface area contributed by atoms with Crippen molar-refractivity contribution in [3.8, 4) is 0 Å². The average Bonchev–Trinajstić information content (AvgIpc) is 2.47. The van der Waals surface area contributed by atoms with E-state index >= 15 is 0 Å². The van der Waals surface area contributed by atoms with Gasteiger partial charge in [-0.25, -0.2) is 0 Å². The Morgan fingerprint density at radius 1 is 1.29 bits per heavy atom. The lowest BCUT2D eigenvalue weighted by Gasteiger charge is -2.38. The summed E-state index contributed by atoms with van der Waals surface area (Å²) in [5.41, 5.74) is 0.115. The molecular formula is C17H26F2N2. The van der Waals surface area contributed by atoms with Crippen LogP contribution in [0.25, 0.3) is 0 Å². The number of halogens is 2. The standard InChI is InChI=1S/C17H26F2N2/c1-3-10-20-16-9-11-21(12-14(16)2)13-17(18,19)15-7-5-4-6-8-15/h4-8,14,16,20H,3,9-13H2,1-2H3. The summed E-state index contributed by atoms with van der Waals surface area (Å²) >= 11 is 0. The first-order valence-electron chi connectivity index (χ1n) is 7.92. The van der Waals surface area contributed by atoms with Gasteiger partial charge in [-0.1, -0.05) is 44.2 Å². The van der Waals surface area contributed by atoms with Crippen molar-refractivity contribution in [3.05, 3.63) is 35.9 Å². The van der Waals surface area contributed by atoms with Crippen molar-refractivity contribution in [2.24, 2.45) is 5.92 Å². The molecule has 2 atom stereocenters. The summed E-state index contributed by atoms with van der Waals surface area (Å²) in [5, 5.41) is 3.52. The maximum Gasteiger partial charge on any atom is 0.285 e. The maximum absolute atomic E-state index is 14.3. The van der Waals surface area contributed by atoms with Crippen LogP contribution in [0, 0.1) is 5.92 Å². The smallest absolute Gasteiger partial charge is 0.285 e. The monoisotopic (exact) mass is 296 g/mol. The van der Waals surface area contributed by atoms with Crippen LogP contribution in [0.4, 0.5) is 8.78 Å². The predicted molar refractivity (Wildman–Crippen MR) is 82.6 cm³/mol. The van der Waals surface area contributed by atoms with E-state index in [0.717, 1.165) is 32.5 Å². The molecule has 0 aromatic heterocycles. The number of piperidine rings is 1. The van der Waals surface area contributed by atoms with E-state index in [9.17, 15) is 8.78 Å². The summed E-state index contributed by atoms with van der Waals surface area (Å²) in [7, 11) is 0. The molecule has 0 spiro atoms. The van der Waals surface area contributed by atoms with Crippen LogP contribution in [0.1, 0.15) is 32.3 Å². The van der Waals surface area contributed by atoms with E-state index in [1.165, 1.54) is 12.1 Å². The van der Waals surface area contributed by atoms with Crippen molar-refractivity contribution in [3.63, 3.8) is 0 Å². The molecule has 1 fully saturated rings. The zero-order valence-electron chi connectivity index (χ0n) is 13.0. The molecule has 0 saturated carbocycles. The third-order valence-electron chi connectivity index (χ3n) is 4.26. The highest BCUT2D eigenvalue weighted by molar-refractivity contribution is 5.20. The van der Waals surface area contributed by atoms with Crippen LogP contribution in [-0.4, -0.2) is 37.1 Å². The quantitative estimate of drug-likeness (QED) is 0.864. The third-order valence-corrected chi connectivity index (χ3v) is 4.26. The summed E-state index contributed by atoms with van der Waals surface area (Å²) in [6.07, 6.45) is 2.06. The van der Waals surface area contributed by atoms with Crippen LogP contribution < -0.4 is 5.32 Å². The largest absolute Gasteiger partial charge is 0.314 e. The summed E-state index contributed by atoms with van der Waals surface area (Å²) in [4.78, 5) is 1.90. The van der Waals surface area contributed by atoms with E-state index in [4.69, 9.17) is 0 Å². The van der Waals surface area contributed by atoms with Crippen LogP contribution in [0.3, 0.4) is 0 Å². The molecule has 1 aliphatic heterocycles. The molecule has 21 heavy (non-hydrogen) atoms. The van der Waals surface area contributed by atoms with Crippen LogP contribution >= 0.6 is 0 Å². The van der Waals surface area contributed by atoms with Crippen LogP contribution in [0.5, 0.6) is 0 Å². The molecule has 2 nitrogen and oxygen atoms in total. The summed E-state index contributed by atoms with van der Waals surface area (Å²) in [5.74, 6) is -2.36. The van der Waals surface area contributed by atoms with Crippen molar-refractivity contribution in [2.75, 3.05) is 26.2 Å². The Morgan fingerprint density at radius 2 is 2.00 bits per heavy atom. The van der Waals surface area contributed by atoms with Gasteiger partial charge in [0.2, 0.25) is 0 Å². The minimum absolute atomic E-state index is 0.115. The van der Waals surface area contributed by atoms with Gasteiger partial charge in [0.1, 0.15) is 0 Å². The lowest BCUT2D eigenvalue weighted by molar-refractivity contribution is -0.0481. The lowest BCUT2D eigenvalue weighted by Crippen LogP contribution is -2.50. The molecule has 1 aliphatic rings. The first-order chi connectivity index (χ1) is 10.0. The second-order valence-corrected chi connectivity index (χ2v) is 6.13. The molecule has 2 rings (SSSR count). The first kappa shape index (κ1) is 16.4. The van der Waals surface area contributed by atoms with Gasteiger partial charge >= 0.3 is 0 Å². The molecule has 0 amide bonds. The predicted octanol–water partition coefficient (Wildman–Crippen LogP) is 3.49. The molecule has 118 valence electrons. The van der Waals surface area contributed by atoms with Gasteiger partial charge in [-0.15, -0.1) is 0 Å². The highest BCUT2D eigenvalue weighted by Crippen LogP contribution is 2.30. The molecule has 2 unspecified atom stereocenters. The van der Waals surface area contributed by atoms with E-state index in [2.05, 4.69) is 19.2 Å². The van der Waals surface area contributed by atoms with Gasteiger partial charge in [0, 0.05) is 18.2 Å². The fraction of sp³-hybridized carbons (Fsp3) is 0.647. The SMILES string of the molecule is CCCNC1CCN(CC(F)(F)c2ccccc2)CC1C. The minimum atomic E-state index is -2.77. The Labute approximate surface area is 126 Å². The van der Waals surface area contributed by atoms with Crippen molar-refractivity contribution in [1.29, 1.82) is 0 Å². The number of benzene rings is 1. The van der Waals surface area contributed by atoms with Gasteiger partial charge < -0.3 is 5.32 Å². The molecule has 1 saturated heterocycles. The molecule has 0 aliphatic carbocycles. The van der Waals surface area contributed by atoms with E-state index in [1.54, 1.807) is 18.2 Å². The highest BCUT2D eigenvalue weighted by atomic mass is 19.3. The number of hydrogen-bond donors (Lipinski definition) is 1. The summed E-state index contributed by atoms with van der Waals surface area (Å²) < 4.78 is 28.6. The fourth-order valence-electron chi connectivity index (χ4n) is 3.06. The summed E-state index contributed by atoms with van der Waals surface area (Å²) in [6.45, 7) is 6.61. The number of alkyl halides is 2. The number of nitrogens with zero attached hydrogens (tertiary/aromatic N) is 1. The van der Waals surface area contributed by atoms with Crippen molar-refractivity contribution in [1.82, 2.24) is 10.2 Å². The number of rotatable bonds is 6. The number of likely N-dealkylation sites (tertiary alicyclic amines) is 1. The minimum Gasteiger partial charge on any atom is -0.314 e. The van der Waals surface area contributed by atoms with Gasteiger partial charge in [-0.3, -0.25) is 4.90 Å². The number of nitrogens with one attached hydrogen (secondary N) is 1. The normalized spacial score (nSPS) is 24.2. The van der Waals surface area contributed by atoms with Crippen molar-refractivity contribution >= 4 is 0 Å². The van der Waals surface area contributed by atoms with E-state index in [0.29, 0.717) is 12.0 Å². The first-order valence-corrected chi connectivity index (χ1v) is 7.92. The Hall–Kier alpha value is -1.00. The van der Waals surface area contributed by atoms with Crippen LogP contribution in [0.2, 0.25) is 0 Å². The topological polar surface area (TPSA) is 15.3 Å². The Bertz CT molecular complexity index is 422. The Morgan fingerprint density at radius 3 is 2.62 bits per heavy atom. The zero-order chi connectivity index (χ0) is 15.3. The molecular weight excluding hydrogens is 270 g/mol.